The zero-order valence-corrected chi connectivity index (χ0v) is 23.7. The number of allylic oxidation sites excluding steroid dienone is 1. The highest BCUT2D eigenvalue weighted by molar-refractivity contribution is 6.02. The summed E-state index contributed by atoms with van der Waals surface area (Å²) in [5.74, 6) is -0.321. The van der Waals surface area contributed by atoms with Crippen LogP contribution in [-0.2, 0) is 20.8 Å². The molecule has 10 heteroatoms. The maximum absolute atomic E-state index is 13.5. The van der Waals surface area contributed by atoms with Crippen LogP contribution >= 0.6 is 0 Å². The first-order valence-electron chi connectivity index (χ1n) is 14.2. The Morgan fingerprint density at radius 2 is 1.83 bits per heavy atom. The predicted molar refractivity (Wildman–Crippen MR) is 154 cm³/mol. The standard InChI is InChI=1S/C31H37N5O5/c1-3-41-31(39)36-17-13-24-22(20-36)18-26(27(24)30(38)40-2)34-29(37)25-10-7-14-32-28(25)33-23-11-15-35(16-12-23)19-21-8-5-4-6-9-21/h4-10,14,23H,3,11-13,15-20H2,1-2H3,(H,32,33)(H,34,37). The van der Waals surface area contributed by atoms with Crippen LogP contribution in [0.3, 0.4) is 0 Å². The fourth-order valence-corrected chi connectivity index (χ4v) is 5.78. The van der Waals surface area contributed by atoms with Crippen molar-refractivity contribution in [2.24, 2.45) is 0 Å². The summed E-state index contributed by atoms with van der Waals surface area (Å²) >= 11 is 0. The minimum atomic E-state index is -0.498. The Kier molecular flexibility index (Phi) is 8.98. The molecule has 0 saturated carbocycles. The third-order valence-electron chi connectivity index (χ3n) is 7.84. The van der Waals surface area contributed by atoms with Crippen molar-refractivity contribution >= 4 is 23.8 Å². The molecule has 5 rings (SSSR count). The van der Waals surface area contributed by atoms with Gasteiger partial charge in [-0.25, -0.2) is 14.6 Å². The maximum atomic E-state index is 13.5. The number of nitrogens with zero attached hydrogens (tertiary/aromatic N) is 3. The second-order valence-electron chi connectivity index (χ2n) is 10.5. The molecule has 1 aromatic carbocycles. The molecule has 1 aromatic heterocycles. The Morgan fingerprint density at radius 1 is 1.05 bits per heavy atom. The number of amides is 2. The molecule has 2 amide bonds. The van der Waals surface area contributed by atoms with E-state index in [9.17, 15) is 14.4 Å². The van der Waals surface area contributed by atoms with Crippen molar-refractivity contribution < 1.29 is 23.9 Å². The maximum Gasteiger partial charge on any atom is 0.410 e. The molecule has 3 aliphatic rings. The van der Waals surface area contributed by atoms with Crippen LogP contribution < -0.4 is 10.6 Å². The van der Waals surface area contributed by atoms with E-state index in [0.717, 1.165) is 43.6 Å². The summed E-state index contributed by atoms with van der Waals surface area (Å²) in [5, 5.41) is 6.46. The molecule has 0 radical (unpaired) electrons. The average Bonchev–Trinajstić information content (AvgIpc) is 3.35. The normalized spacial score (nSPS) is 17.8. The third-order valence-corrected chi connectivity index (χ3v) is 7.84. The van der Waals surface area contributed by atoms with Gasteiger partial charge in [0.25, 0.3) is 5.91 Å². The summed E-state index contributed by atoms with van der Waals surface area (Å²) in [6.45, 7) is 5.67. The van der Waals surface area contributed by atoms with Gasteiger partial charge in [-0.2, -0.15) is 0 Å². The molecular formula is C31H37N5O5. The van der Waals surface area contributed by atoms with Gasteiger partial charge in [0, 0.05) is 57.1 Å². The van der Waals surface area contributed by atoms with Crippen LogP contribution in [0.1, 0.15) is 48.5 Å². The number of esters is 1. The zero-order valence-electron chi connectivity index (χ0n) is 23.7. The Bertz CT molecular complexity index is 1350. The topological polar surface area (TPSA) is 113 Å². The molecule has 41 heavy (non-hydrogen) atoms. The van der Waals surface area contributed by atoms with Crippen LogP contribution in [-0.4, -0.2) is 78.7 Å². The van der Waals surface area contributed by atoms with E-state index in [1.165, 1.54) is 12.7 Å². The summed E-state index contributed by atoms with van der Waals surface area (Å²) in [5.41, 5.74) is 4.32. The zero-order chi connectivity index (χ0) is 28.8. The number of carbonyl (C=O) groups is 3. The number of benzene rings is 1. The number of ether oxygens (including phenoxy) is 2. The van der Waals surface area contributed by atoms with E-state index < -0.39 is 5.97 Å². The Hall–Kier alpha value is -4.18. The van der Waals surface area contributed by atoms with E-state index >= 15 is 0 Å². The van der Waals surface area contributed by atoms with Crippen molar-refractivity contribution in [1.82, 2.24) is 20.1 Å². The smallest absolute Gasteiger partial charge is 0.410 e. The number of piperidine rings is 1. The van der Waals surface area contributed by atoms with Gasteiger partial charge in [0.05, 0.1) is 24.9 Å². The third kappa shape index (κ3) is 6.59. The van der Waals surface area contributed by atoms with Crippen molar-refractivity contribution in [3.05, 3.63) is 82.2 Å². The van der Waals surface area contributed by atoms with Gasteiger partial charge in [0.2, 0.25) is 0 Å². The molecule has 0 atom stereocenters. The van der Waals surface area contributed by atoms with Crippen molar-refractivity contribution in [3.63, 3.8) is 0 Å². The van der Waals surface area contributed by atoms with Crippen LogP contribution in [0.15, 0.2) is 71.1 Å². The second kappa shape index (κ2) is 13.0. The van der Waals surface area contributed by atoms with E-state index in [1.54, 1.807) is 30.2 Å². The van der Waals surface area contributed by atoms with Crippen LogP contribution in [0, 0.1) is 0 Å². The highest BCUT2D eigenvalue weighted by atomic mass is 16.6. The highest BCUT2D eigenvalue weighted by Gasteiger charge is 2.36. The van der Waals surface area contributed by atoms with E-state index in [-0.39, 0.29) is 18.0 Å². The first kappa shape index (κ1) is 28.4. The van der Waals surface area contributed by atoms with Gasteiger partial charge >= 0.3 is 12.1 Å². The van der Waals surface area contributed by atoms with Crippen LogP contribution in [0.2, 0.25) is 0 Å². The summed E-state index contributed by atoms with van der Waals surface area (Å²) in [7, 11) is 1.33. The number of methoxy groups -OCH3 is 1. The van der Waals surface area contributed by atoms with Gasteiger partial charge < -0.3 is 25.0 Å². The fraction of sp³-hybridized carbons (Fsp3) is 0.419. The average molecular weight is 560 g/mol. The molecule has 1 saturated heterocycles. The minimum Gasteiger partial charge on any atom is -0.465 e. The molecule has 1 aliphatic carbocycles. The van der Waals surface area contributed by atoms with E-state index in [4.69, 9.17) is 9.47 Å². The van der Waals surface area contributed by atoms with Crippen LogP contribution in [0.5, 0.6) is 0 Å². The molecule has 0 unspecified atom stereocenters. The van der Waals surface area contributed by atoms with Crippen molar-refractivity contribution in [2.45, 2.75) is 45.2 Å². The molecule has 2 aliphatic heterocycles. The highest BCUT2D eigenvalue weighted by Crippen LogP contribution is 2.37. The minimum absolute atomic E-state index is 0.197. The Balaban J connectivity index is 1.24. The van der Waals surface area contributed by atoms with E-state index in [0.29, 0.717) is 55.2 Å². The quantitative estimate of drug-likeness (QED) is 0.469. The van der Waals surface area contributed by atoms with Gasteiger partial charge in [-0.05, 0) is 55.0 Å². The number of likely N-dealkylation sites (tertiary alicyclic amines) is 1. The first-order valence-corrected chi connectivity index (χ1v) is 14.2. The number of pyridine rings is 1. The number of anilines is 1. The molecular weight excluding hydrogens is 522 g/mol. The summed E-state index contributed by atoms with van der Waals surface area (Å²) in [6, 6.07) is 14.1. The first-order chi connectivity index (χ1) is 20.0. The lowest BCUT2D eigenvalue weighted by molar-refractivity contribution is -0.135. The Morgan fingerprint density at radius 3 is 2.56 bits per heavy atom. The lowest BCUT2D eigenvalue weighted by Crippen LogP contribution is -2.39. The largest absolute Gasteiger partial charge is 0.465 e. The predicted octanol–water partition coefficient (Wildman–Crippen LogP) is 3.88. The fourth-order valence-electron chi connectivity index (χ4n) is 5.78. The molecule has 1 fully saturated rings. The SMILES string of the molecule is CCOC(=O)N1CCC2=C(CC(NC(=O)c3cccnc3NC3CCN(Cc4ccccc4)CC3)=C2C(=O)OC)C1. The number of aromatic nitrogens is 1. The monoisotopic (exact) mass is 559 g/mol. The van der Waals surface area contributed by atoms with Crippen molar-refractivity contribution in [3.8, 4) is 0 Å². The lowest BCUT2D eigenvalue weighted by Gasteiger charge is -2.33. The summed E-state index contributed by atoms with van der Waals surface area (Å²) in [4.78, 5) is 47.2. The molecule has 10 nitrogen and oxygen atoms in total. The number of nitrogens with one attached hydrogen (secondary N) is 2. The number of carbonyl (C=O) groups excluding carboxylic acids is 3. The van der Waals surface area contributed by atoms with Gasteiger partial charge in [0.1, 0.15) is 5.82 Å². The van der Waals surface area contributed by atoms with Gasteiger partial charge in [-0.3, -0.25) is 9.69 Å². The van der Waals surface area contributed by atoms with E-state index in [1.807, 2.05) is 6.07 Å². The Labute approximate surface area is 240 Å². The summed E-state index contributed by atoms with van der Waals surface area (Å²) in [6.07, 6.45) is 4.01. The molecule has 2 aromatic rings. The number of rotatable bonds is 8. The van der Waals surface area contributed by atoms with Crippen molar-refractivity contribution in [1.29, 1.82) is 0 Å². The molecule has 3 heterocycles. The van der Waals surface area contributed by atoms with Crippen LogP contribution in [0.4, 0.5) is 10.6 Å². The van der Waals surface area contributed by atoms with Crippen molar-refractivity contribution in [2.75, 3.05) is 45.2 Å². The molecule has 216 valence electrons. The van der Waals surface area contributed by atoms with E-state index in [2.05, 4.69) is 44.8 Å². The second-order valence-corrected chi connectivity index (χ2v) is 10.5. The van der Waals surface area contributed by atoms with Gasteiger partial charge in [-0.1, -0.05) is 30.3 Å². The number of hydrogen-bond donors (Lipinski definition) is 2. The van der Waals surface area contributed by atoms with Gasteiger partial charge in [-0.15, -0.1) is 0 Å². The van der Waals surface area contributed by atoms with Gasteiger partial charge in [0.15, 0.2) is 0 Å². The number of hydrogen-bond acceptors (Lipinski definition) is 8. The molecule has 0 bridgehead atoms. The summed E-state index contributed by atoms with van der Waals surface area (Å²) < 4.78 is 10.2. The molecule has 0 spiro atoms. The van der Waals surface area contributed by atoms with Crippen LogP contribution in [0.25, 0.3) is 0 Å². The molecule has 2 N–H and O–H groups in total. The lowest BCUT2D eigenvalue weighted by atomic mass is 9.98.